The fraction of sp³-hybridized carbons (Fsp3) is 0.0769. The van der Waals surface area contributed by atoms with Gasteiger partial charge in [-0.05, 0) is 39.5 Å². The number of benzene rings is 1. The Bertz CT molecular complexity index is 725. The molecule has 6 heteroatoms. The molecule has 0 saturated carbocycles. The molecule has 96 valence electrons. The third kappa shape index (κ3) is 2.54. The molecular weight excluding hydrogens is 324 g/mol. The highest BCUT2D eigenvalue weighted by Gasteiger charge is 2.07. The van der Waals surface area contributed by atoms with Crippen LogP contribution in [0, 0.1) is 0 Å². The zero-order valence-corrected chi connectivity index (χ0v) is 12.3. The van der Waals surface area contributed by atoms with Gasteiger partial charge < -0.3 is 11.1 Å². The average molecular weight is 335 g/mol. The van der Waals surface area contributed by atoms with Crippen molar-refractivity contribution >= 4 is 49.9 Å². The number of nitrogen functional groups attached to an aromatic ring is 1. The van der Waals surface area contributed by atoms with Gasteiger partial charge in [0.2, 0.25) is 5.95 Å². The number of nitrogens with zero attached hydrogens (tertiary/aromatic N) is 2. The summed E-state index contributed by atoms with van der Waals surface area (Å²) in [4.78, 5) is 9.72. The molecular formula is C13H11BrN4S. The summed E-state index contributed by atoms with van der Waals surface area (Å²) < 4.78 is 1.11. The highest BCUT2D eigenvalue weighted by Crippen LogP contribution is 2.25. The van der Waals surface area contributed by atoms with Crippen molar-refractivity contribution in [2.24, 2.45) is 0 Å². The SMILES string of the molecule is Nc1nc(NCc2sccc2Br)c2ccccc2n1. The molecule has 1 aromatic carbocycles. The third-order valence-electron chi connectivity index (χ3n) is 2.73. The molecule has 2 aromatic heterocycles. The number of halogens is 1. The predicted molar refractivity (Wildman–Crippen MR) is 83.3 cm³/mol. The van der Waals surface area contributed by atoms with Crippen molar-refractivity contribution in [3.05, 3.63) is 45.1 Å². The molecule has 0 atom stereocenters. The van der Waals surface area contributed by atoms with E-state index < -0.39 is 0 Å². The van der Waals surface area contributed by atoms with Crippen LogP contribution in [0.15, 0.2) is 40.2 Å². The van der Waals surface area contributed by atoms with Gasteiger partial charge in [0.1, 0.15) is 5.82 Å². The van der Waals surface area contributed by atoms with E-state index in [1.165, 1.54) is 4.88 Å². The van der Waals surface area contributed by atoms with Gasteiger partial charge in [0.25, 0.3) is 0 Å². The predicted octanol–water partition coefficient (Wildman–Crippen LogP) is 3.65. The maximum atomic E-state index is 5.73. The summed E-state index contributed by atoms with van der Waals surface area (Å²) in [7, 11) is 0. The van der Waals surface area contributed by atoms with Crippen LogP contribution in [-0.4, -0.2) is 9.97 Å². The van der Waals surface area contributed by atoms with E-state index in [2.05, 4.69) is 31.2 Å². The number of anilines is 2. The van der Waals surface area contributed by atoms with Crippen molar-refractivity contribution in [3.8, 4) is 0 Å². The van der Waals surface area contributed by atoms with Crippen molar-refractivity contribution < 1.29 is 0 Å². The molecule has 0 aliphatic rings. The molecule has 0 spiro atoms. The van der Waals surface area contributed by atoms with Crippen LogP contribution in [-0.2, 0) is 6.54 Å². The Kier molecular flexibility index (Phi) is 3.35. The second kappa shape index (κ2) is 5.14. The first-order chi connectivity index (χ1) is 9.24. The van der Waals surface area contributed by atoms with Crippen LogP contribution in [0.3, 0.4) is 0 Å². The summed E-state index contributed by atoms with van der Waals surface area (Å²) in [6.45, 7) is 0.707. The summed E-state index contributed by atoms with van der Waals surface area (Å²) in [5, 5.41) is 6.35. The van der Waals surface area contributed by atoms with E-state index >= 15 is 0 Å². The van der Waals surface area contributed by atoms with Gasteiger partial charge in [0.05, 0.1) is 12.1 Å². The van der Waals surface area contributed by atoms with Crippen molar-refractivity contribution in [1.29, 1.82) is 0 Å². The Morgan fingerprint density at radius 1 is 1.21 bits per heavy atom. The number of rotatable bonds is 3. The second-order valence-corrected chi connectivity index (χ2v) is 5.85. The lowest BCUT2D eigenvalue weighted by atomic mass is 10.2. The first kappa shape index (κ1) is 12.4. The lowest BCUT2D eigenvalue weighted by Crippen LogP contribution is -2.04. The highest BCUT2D eigenvalue weighted by molar-refractivity contribution is 9.10. The van der Waals surface area contributed by atoms with Gasteiger partial charge >= 0.3 is 0 Å². The maximum Gasteiger partial charge on any atom is 0.222 e. The summed E-state index contributed by atoms with van der Waals surface area (Å²) in [6, 6.07) is 9.86. The monoisotopic (exact) mass is 334 g/mol. The topological polar surface area (TPSA) is 63.8 Å². The number of thiophene rings is 1. The van der Waals surface area contributed by atoms with E-state index in [0.29, 0.717) is 6.54 Å². The van der Waals surface area contributed by atoms with Crippen LogP contribution in [0.2, 0.25) is 0 Å². The Labute approximate surface area is 122 Å². The molecule has 3 aromatic rings. The van der Waals surface area contributed by atoms with Gasteiger partial charge in [0.15, 0.2) is 0 Å². The van der Waals surface area contributed by atoms with E-state index in [0.717, 1.165) is 21.2 Å². The first-order valence-corrected chi connectivity index (χ1v) is 7.39. The fourth-order valence-corrected chi connectivity index (χ4v) is 3.28. The molecule has 0 amide bonds. The molecule has 0 radical (unpaired) electrons. The third-order valence-corrected chi connectivity index (χ3v) is 4.65. The first-order valence-electron chi connectivity index (χ1n) is 5.72. The summed E-state index contributed by atoms with van der Waals surface area (Å²) >= 11 is 5.21. The van der Waals surface area contributed by atoms with Gasteiger partial charge in [-0.15, -0.1) is 11.3 Å². The number of hydrogen-bond donors (Lipinski definition) is 2. The van der Waals surface area contributed by atoms with E-state index in [1.807, 2.05) is 35.7 Å². The Morgan fingerprint density at radius 2 is 2.05 bits per heavy atom. The molecule has 0 aliphatic carbocycles. The zero-order valence-electron chi connectivity index (χ0n) is 9.93. The minimum Gasteiger partial charge on any atom is -0.368 e. The number of fused-ring (bicyclic) bond motifs is 1. The van der Waals surface area contributed by atoms with Crippen LogP contribution in [0.4, 0.5) is 11.8 Å². The fourth-order valence-electron chi connectivity index (χ4n) is 1.84. The number of hydrogen-bond acceptors (Lipinski definition) is 5. The zero-order chi connectivity index (χ0) is 13.2. The molecule has 3 N–H and O–H groups in total. The van der Waals surface area contributed by atoms with Gasteiger partial charge in [-0.2, -0.15) is 4.98 Å². The molecule has 19 heavy (non-hydrogen) atoms. The number of aromatic nitrogens is 2. The Balaban J connectivity index is 1.94. The van der Waals surface area contributed by atoms with E-state index in [9.17, 15) is 0 Å². The normalized spacial score (nSPS) is 10.8. The Hall–Kier alpha value is -1.66. The van der Waals surface area contributed by atoms with E-state index in [1.54, 1.807) is 11.3 Å². The molecule has 0 bridgehead atoms. The van der Waals surface area contributed by atoms with Gasteiger partial charge in [-0.1, -0.05) is 12.1 Å². The summed E-state index contributed by atoms with van der Waals surface area (Å²) in [6.07, 6.45) is 0. The molecule has 4 nitrogen and oxygen atoms in total. The van der Waals surface area contributed by atoms with Gasteiger partial charge in [-0.3, -0.25) is 0 Å². The van der Waals surface area contributed by atoms with Crippen LogP contribution >= 0.6 is 27.3 Å². The molecule has 2 heterocycles. The molecule has 0 unspecified atom stereocenters. The van der Waals surface area contributed by atoms with Crippen molar-refractivity contribution in [2.75, 3.05) is 11.1 Å². The van der Waals surface area contributed by atoms with Gasteiger partial charge in [0, 0.05) is 14.7 Å². The van der Waals surface area contributed by atoms with Crippen LogP contribution in [0.25, 0.3) is 10.9 Å². The van der Waals surface area contributed by atoms with Crippen molar-refractivity contribution in [2.45, 2.75) is 6.54 Å². The van der Waals surface area contributed by atoms with Crippen LogP contribution < -0.4 is 11.1 Å². The standard InChI is InChI=1S/C13H11BrN4S/c14-9-5-6-19-11(9)7-16-12-8-3-1-2-4-10(8)17-13(15)18-12/h1-6H,7H2,(H3,15,16,17,18). The Morgan fingerprint density at radius 3 is 2.84 bits per heavy atom. The minimum atomic E-state index is 0.284. The smallest absolute Gasteiger partial charge is 0.222 e. The maximum absolute atomic E-state index is 5.73. The number of para-hydroxylation sites is 1. The summed E-state index contributed by atoms with van der Waals surface area (Å²) in [5.41, 5.74) is 6.58. The van der Waals surface area contributed by atoms with E-state index in [4.69, 9.17) is 5.73 Å². The van der Waals surface area contributed by atoms with E-state index in [-0.39, 0.29) is 5.95 Å². The van der Waals surface area contributed by atoms with Crippen molar-refractivity contribution in [1.82, 2.24) is 9.97 Å². The number of nitrogens with one attached hydrogen (secondary N) is 1. The van der Waals surface area contributed by atoms with Crippen LogP contribution in [0.5, 0.6) is 0 Å². The summed E-state index contributed by atoms with van der Waals surface area (Å²) in [5.74, 6) is 1.05. The number of nitrogens with two attached hydrogens (primary N) is 1. The van der Waals surface area contributed by atoms with Gasteiger partial charge in [-0.25, -0.2) is 4.98 Å². The molecule has 3 rings (SSSR count). The second-order valence-electron chi connectivity index (χ2n) is 3.99. The van der Waals surface area contributed by atoms with Crippen molar-refractivity contribution in [3.63, 3.8) is 0 Å². The average Bonchev–Trinajstić information content (AvgIpc) is 2.81. The minimum absolute atomic E-state index is 0.284. The molecule has 0 saturated heterocycles. The lowest BCUT2D eigenvalue weighted by Gasteiger charge is -2.08. The molecule has 0 aliphatic heterocycles. The van der Waals surface area contributed by atoms with Crippen LogP contribution in [0.1, 0.15) is 4.88 Å². The highest BCUT2D eigenvalue weighted by atomic mass is 79.9. The quantitative estimate of drug-likeness (QED) is 0.767. The lowest BCUT2D eigenvalue weighted by molar-refractivity contribution is 1.13. The largest absolute Gasteiger partial charge is 0.368 e. The molecule has 0 fully saturated rings.